The second-order valence-corrected chi connectivity index (χ2v) is 5.02. The smallest absolute Gasteiger partial charge is 0.250 e. The van der Waals surface area contributed by atoms with Crippen molar-refractivity contribution in [3.05, 3.63) is 23.8 Å². The Labute approximate surface area is 131 Å². The van der Waals surface area contributed by atoms with Gasteiger partial charge in [0.2, 0.25) is 11.8 Å². The first-order valence-electron chi connectivity index (χ1n) is 7.41. The molecule has 0 aliphatic carbocycles. The van der Waals surface area contributed by atoms with Gasteiger partial charge in [0.1, 0.15) is 6.61 Å². The van der Waals surface area contributed by atoms with E-state index in [1.165, 1.54) is 7.11 Å². The molecule has 0 aromatic heterocycles. The Balaban J connectivity index is 2.65. The van der Waals surface area contributed by atoms with E-state index >= 15 is 0 Å². The molecule has 0 heterocycles. The fourth-order valence-electron chi connectivity index (χ4n) is 2.05. The molecule has 122 valence electrons. The van der Waals surface area contributed by atoms with E-state index in [0.717, 1.165) is 24.3 Å². The van der Waals surface area contributed by atoms with Crippen LogP contribution in [0.25, 0.3) is 0 Å². The number of carbonyl (C=O) groups is 2. The van der Waals surface area contributed by atoms with Crippen LogP contribution in [-0.4, -0.2) is 50.1 Å². The van der Waals surface area contributed by atoms with Gasteiger partial charge in [0.05, 0.1) is 6.54 Å². The van der Waals surface area contributed by atoms with Gasteiger partial charge in [-0.1, -0.05) is 13.8 Å². The van der Waals surface area contributed by atoms with Crippen LogP contribution in [0.15, 0.2) is 18.2 Å². The van der Waals surface area contributed by atoms with Crippen LogP contribution in [0.3, 0.4) is 0 Å². The molecule has 2 N–H and O–H groups in total. The van der Waals surface area contributed by atoms with E-state index in [0.29, 0.717) is 12.2 Å². The lowest BCUT2D eigenvalue weighted by atomic mass is 10.1. The third-order valence-corrected chi connectivity index (χ3v) is 3.32. The predicted molar refractivity (Wildman–Crippen MR) is 88.1 cm³/mol. The largest absolute Gasteiger partial charge is 0.375 e. The van der Waals surface area contributed by atoms with Crippen molar-refractivity contribution in [2.45, 2.75) is 20.8 Å². The van der Waals surface area contributed by atoms with Crippen LogP contribution in [0.4, 0.5) is 11.4 Å². The number of likely N-dealkylation sites (N-methyl/N-ethyl adjacent to an activating group) is 1. The predicted octanol–water partition coefficient (Wildman–Crippen LogP) is 1.86. The first kappa shape index (κ1) is 18.1. The number of benzene rings is 1. The zero-order valence-corrected chi connectivity index (χ0v) is 13.7. The highest BCUT2D eigenvalue weighted by Gasteiger charge is 2.09. The standard InChI is InChI=1S/C16H25N3O3/c1-5-19(6-2)10-15(20)18-14-8-7-13(9-12(14)3)17-16(21)11-22-4/h7-9H,5-6,10-11H2,1-4H3,(H,17,21)(H,18,20). The summed E-state index contributed by atoms with van der Waals surface area (Å²) in [6.07, 6.45) is 0. The van der Waals surface area contributed by atoms with E-state index in [1.54, 1.807) is 12.1 Å². The lowest BCUT2D eigenvalue weighted by Gasteiger charge is -2.18. The molecular formula is C16H25N3O3. The molecule has 1 aromatic carbocycles. The monoisotopic (exact) mass is 307 g/mol. The molecular weight excluding hydrogens is 282 g/mol. The van der Waals surface area contributed by atoms with Gasteiger partial charge in [-0.05, 0) is 43.8 Å². The number of hydrogen-bond donors (Lipinski definition) is 2. The molecule has 0 aliphatic rings. The van der Waals surface area contributed by atoms with Crippen molar-refractivity contribution < 1.29 is 14.3 Å². The number of nitrogens with one attached hydrogen (secondary N) is 2. The van der Waals surface area contributed by atoms with Crippen LogP contribution in [0.5, 0.6) is 0 Å². The Morgan fingerprint density at radius 3 is 2.36 bits per heavy atom. The first-order chi connectivity index (χ1) is 10.5. The van der Waals surface area contributed by atoms with Crippen molar-refractivity contribution in [1.29, 1.82) is 0 Å². The van der Waals surface area contributed by atoms with Crippen molar-refractivity contribution in [2.75, 3.05) is 44.0 Å². The fraction of sp³-hybridized carbons (Fsp3) is 0.500. The van der Waals surface area contributed by atoms with Gasteiger partial charge in [-0.15, -0.1) is 0 Å². The molecule has 0 radical (unpaired) electrons. The van der Waals surface area contributed by atoms with Crippen LogP contribution < -0.4 is 10.6 Å². The summed E-state index contributed by atoms with van der Waals surface area (Å²) >= 11 is 0. The van der Waals surface area contributed by atoms with Crippen molar-refractivity contribution in [3.63, 3.8) is 0 Å². The van der Waals surface area contributed by atoms with Gasteiger partial charge in [-0.3, -0.25) is 14.5 Å². The second-order valence-electron chi connectivity index (χ2n) is 5.02. The number of methoxy groups -OCH3 is 1. The summed E-state index contributed by atoms with van der Waals surface area (Å²) in [6, 6.07) is 5.37. The first-order valence-corrected chi connectivity index (χ1v) is 7.41. The summed E-state index contributed by atoms with van der Waals surface area (Å²) in [4.78, 5) is 25.5. The maximum atomic E-state index is 12.0. The van der Waals surface area contributed by atoms with Gasteiger partial charge >= 0.3 is 0 Å². The van der Waals surface area contributed by atoms with Gasteiger partial charge in [-0.2, -0.15) is 0 Å². The number of anilines is 2. The van der Waals surface area contributed by atoms with Crippen LogP contribution in [0, 0.1) is 6.92 Å². The third kappa shape index (κ3) is 5.83. The molecule has 0 fully saturated rings. The molecule has 0 spiro atoms. The van der Waals surface area contributed by atoms with E-state index in [2.05, 4.69) is 10.6 Å². The summed E-state index contributed by atoms with van der Waals surface area (Å²) in [6.45, 7) is 8.01. The Morgan fingerprint density at radius 2 is 1.82 bits per heavy atom. The molecule has 0 atom stereocenters. The van der Waals surface area contributed by atoms with Crippen LogP contribution in [0.1, 0.15) is 19.4 Å². The van der Waals surface area contributed by atoms with E-state index in [9.17, 15) is 9.59 Å². The highest BCUT2D eigenvalue weighted by molar-refractivity contribution is 5.94. The number of carbonyl (C=O) groups excluding carboxylic acids is 2. The number of amides is 2. The summed E-state index contributed by atoms with van der Waals surface area (Å²) in [5, 5.41) is 5.63. The lowest BCUT2D eigenvalue weighted by molar-refractivity contribution is -0.119. The summed E-state index contributed by atoms with van der Waals surface area (Å²) in [5.41, 5.74) is 2.33. The molecule has 1 rings (SSSR count). The normalized spacial score (nSPS) is 10.6. The number of rotatable bonds is 8. The molecule has 6 nitrogen and oxygen atoms in total. The highest BCUT2D eigenvalue weighted by Crippen LogP contribution is 2.19. The van der Waals surface area contributed by atoms with E-state index in [-0.39, 0.29) is 18.4 Å². The lowest BCUT2D eigenvalue weighted by Crippen LogP contribution is -2.33. The fourth-order valence-corrected chi connectivity index (χ4v) is 2.05. The van der Waals surface area contributed by atoms with Gasteiger partial charge in [0, 0.05) is 18.5 Å². The third-order valence-electron chi connectivity index (χ3n) is 3.32. The molecule has 2 amide bonds. The SMILES string of the molecule is CCN(CC)CC(=O)Nc1ccc(NC(=O)COC)cc1C. The topological polar surface area (TPSA) is 70.7 Å². The van der Waals surface area contributed by atoms with Gasteiger partial charge < -0.3 is 15.4 Å². The number of hydrogen-bond acceptors (Lipinski definition) is 4. The maximum Gasteiger partial charge on any atom is 0.250 e. The summed E-state index contributed by atoms with van der Waals surface area (Å²) < 4.78 is 4.77. The second kappa shape index (κ2) is 9.17. The Bertz CT molecular complexity index is 513. The average Bonchev–Trinajstić information content (AvgIpc) is 2.47. The molecule has 22 heavy (non-hydrogen) atoms. The molecule has 0 bridgehead atoms. The minimum atomic E-state index is -0.208. The molecule has 0 saturated carbocycles. The molecule has 0 unspecified atom stereocenters. The maximum absolute atomic E-state index is 12.0. The highest BCUT2D eigenvalue weighted by atomic mass is 16.5. The molecule has 0 saturated heterocycles. The van der Waals surface area contributed by atoms with Gasteiger partial charge in [-0.25, -0.2) is 0 Å². The van der Waals surface area contributed by atoms with Crippen molar-refractivity contribution in [3.8, 4) is 0 Å². The van der Waals surface area contributed by atoms with Gasteiger partial charge in [0.25, 0.3) is 0 Å². The van der Waals surface area contributed by atoms with Gasteiger partial charge in [0.15, 0.2) is 0 Å². The number of nitrogens with zero attached hydrogens (tertiary/aromatic N) is 1. The molecule has 1 aromatic rings. The van der Waals surface area contributed by atoms with E-state index in [1.807, 2.05) is 31.7 Å². The molecule has 6 heteroatoms. The van der Waals surface area contributed by atoms with Crippen molar-refractivity contribution in [2.24, 2.45) is 0 Å². The summed E-state index contributed by atoms with van der Waals surface area (Å²) in [5.74, 6) is -0.247. The Kier molecular flexibility index (Phi) is 7.56. The van der Waals surface area contributed by atoms with Crippen LogP contribution in [-0.2, 0) is 14.3 Å². The average molecular weight is 307 g/mol. The quantitative estimate of drug-likeness (QED) is 0.769. The van der Waals surface area contributed by atoms with Crippen molar-refractivity contribution in [1.82, 2.24) is 4.90 Å². The zero-order chi connectivity index (χ0) is 16.5. The zero-order valence-electron chi connectivity index (χ0n) is 13.7. The van der Waals surface area contributed by atoms with Crippen LogP contribution >= 0.6 is 0 Å². The number of ether oxygens (including phenoxy) is 1. The van der Waals surface area contributed by atoms with E-state index < -0.39 is 0 Å². The Morgan fingerprint density at radius 1 is 1.14 bits per heavy atom. The van der Waals surface area contributed by atoms with Crippen LogP contribution in [0.2, 0.25) is 0 Å². The minimum Gasteiger partial charge on any atom is -0.375 e. The summed E-state index contributed by atoms with van der Waals surface area (Å²) in [7, 11) is 1.47. The minimum absolute atomic E-state index is 0.0153. The van der Waals surface area contributed by atoms with Crippen molar-refractivity contribution >= 4 is 23.2 Å². The Hall–Kier alpha value is -1.92. The molecule has 0 aliphatic heterocycles. The van der Waals surface area contributed by atoms with E-state index in [4.69, 9.17) is 4.74 Å². The number of aryl methyl sites for hydroxylation is 1.